The molecule has 10 nitrogen and oxygen atoms in total. The topological polar surface area (TPSA) is 146 Å². The lowest BCUT2D eigenvalue weighted by Crippen LogP contribution is -2.31. The molecule has 1 amide bonds. The molecule has 1 fully saturated rings. The molecule has 0 saturated carbocycles. The second kappa shape index (κ2) is 14.2. The predicted molar refractivity (Wildman–Crippen MR) is 172 cm³/mol. The van der Waals surface area contributed by atoms with Crippen LogP contribution in [0.5, 0.6) is 11.5 Å². The van der Waals surface area contributed by atoms with Crippen molar-refractivity contribution in [2.24, 2.45) is 5.73 Å². The number of nitrogens with two attached hydrogens (primary N) is 1. The highest BCUT2D eigenvalue weighted by Crippen LogP contribution is 2.42. The quantitative estimate of drug-likeness (QED) is 0.194. The number of carbonyl (C=O) groups is 3. The molecule has 2 heterocycles. The number of carboxylic acids is 1. The Bertz CT molecular complexity index is 1380. The van der Waals surface area contributed by atoms with Crippen molar-refractivity contribution >= 4 is 46.2 Å². The lowest BCUT2D eigenvalue weighted by Gasteiger charge is -2.30. The van der Waals surface area contributed by atoms with Crippen molar-refractivity contribution in [2.45, 2.75) is 71.8 Å². The first kappa shape index (κ1) is 33.9. The number of nitrogens with zero attached hydrogens (tertiary/aromatic N) is 2. The van der Waals surface area contributed by atoms with Crippen LogP contribution in [0.1, 0.15) is 97.2 Å². The van der Waals surface area contributed by atoms with Crippen LogP contribution in [-0.4, -0.2) is 66.3 Å². The molecule has 0 aliphatic carbocycles. The summed E-state index contributed by atoms with van der Waals surface area (Å²) in [6.07, 6.45) is 3.37. The molecule has 0 aromatic heterocycles. The smallest absolute Gasteiger partial charge is 0.303 e. The van der Waals surface area contributed by atoms with E-state index in [9.17, 15) is 14.4 Å². The normalized spacial score (nSPS) is 14.4. The number of hydrogen-bond acceptors (Lipinski definition) is 7. The minimum atomic E-state index is -0.816. The van der Waals surface area contributed by atoms with E-state index >= 15 is 0 Å². The molecule has 234 valence electrons. The van der Waals surface area contributed by atoms with Crippen LogP contribution in [0.2, 0.25) is 0 Å². The Balaban J connectivity index is 0.00000506. The third-order valence-electron chi connectivity index (χ3n) is 7.72. The van der Waals surface area contributed by atoms with E-state index in [0.717, 1.165) is 48.5 Å². The molecule has 0 unspecified atom stereocenters. The highest BCUT2D eigenvalue weighted by molar-refractivity contribution is 8.93. The standard InChI is InChI=1S/C32H42N4O6.BrH/c1-5-41-27-16-21-18-36(30(33)22(21)17-23(27)31(34)40)19-26(37)20-14-24(32(2,3)4)29(42-13-9-6-10-28(38)39)25(15-20)35-11-7-8-12-35;/h14-17,33H,5-13,18-19H2,1-4H3,(H2,34,40)(H,38,39);1H. The monoisotopic (exact) mass is 658 g/mol. The number of carbonyl (C=O) groups excluding carboxylic acids is 2. The predicted octanol–water partition coefficient (Wildman–Crippen LogP) is 5.32. The first-order chi connectivity index (χ1) is 19.9. The van der Waals surface area contributed by atoms with Gasteiger partial charge in [-0.25, -0.2) is 0 Å². The molecule has 0 atom stereocenters. The molecule has 2 aliphatic heterocycles. The summed E-state index contributed by atoms with van der Waals surface area (Å²) in [5, 5.41) is 17.7. The van der Waals surface area contributed by atoms with E-state index in [2.05, 4.69) is 25.7 Å². The number of nitrogens with one attached hydrogen (secondary N) is 1. The maximum Gasteiger partial charge on any atom is 0.303 e. The van der Waals surface area contributed by atoms with E-state index < -0.39 is 11.9 Å². The number of halogens is 1. The molecule has 2 aromatic carbocycles. The Kier molecular flexibility index (Phi) is 11.2. The van der Waals surface area contributed by atoms with Crippen LogP contribution in [0.3, 0.4) is 0 Å². The average Bonchev–Trinajstić information content (AvgIpc) is 3.55. The number of amidine groups is 1. The zero-order valence-electron chi connectivity index (χ0n) is 25.5. The molecule has 2 aromatic rings. The summed E-state index contributed by atoms with van der Waals surface area (Å²) in [6, 6.07) is 7.13. The molecule has 0 bridgehead atoms. The van der Waals surface area contributed by atoms with Crippen LogP contribution < -0.4 is 20.1 Å². The first-order valence-electron chi connectivity index (χ1n) is 14.6. The summed E-state index contributed by atoms with van der Waals surface area (Å²) in [7, 11) is 0. The highest BCUT2D eigenvalue weighted by Gasteiger charge is 2.31. The summed E-state index contributed by atoms with van der Waals surface area (Å²) in [5.41, 5.74) is 9.19. The minimum absolute atomic E-state index is 0. The number of ether oxygens (including phenoxy) is 2. The summed E-state index contributed by atoms with van der Waals surface area (Å²) in [4.78, 5) is 40.7. The van der Waals surface area contributed by atoms with Crippen LogP contribution >= 0.6 is 17.0 Å². The van der Waals surface area contributed by atoms with Gasteiger partial charge < -0.3 is 30.1 Å². The Morgan fingerprint density at radius 1 is 1.05 bits per heavy atom. The van der Waals surface area contributed by atoms with Crippen LogP contribution in [0.15, 0.2) is 24.3 Å². The van der Waals surface area contributed by atoms with Crippen molar-refractivity contribution < 1.29 is 29.0 Å². The number of benzene rings is 2. The number of unbranched alkanes of at least 4 members (excludes halogenated alkanes) is 1. The lowest BCUT2D eigenvalue weighted by molar-refractivity contribution is -0.137. The fraction of sp³-hybridized carbons (Fsp3) is 0.500. The molecule has 4 rings (SSSR count). The third-order valence-corrected chi connectivity index (χ3v) is 7.72. The Morgan fingerprint density at radius 2 is 1.74 bits per heavy atom. The first-order valence-corrected chi connectivity index (χ1v) is 14.6. The summed E-state index contributed by atoms with van der Waals surface area (Å²) >= 11 is 0. The maximum atomic E-state index is 13.8. The van der Waals surface area contributed by atoms with Crippen LogP contribution in [0.25, 0.3) is 0 Å². The number of fused-ring (bicyclic) bond motifs is 1. The average molecular weight is 660 g/mol. The van der Waals surface area contributed by atoms with Gasteiger partial charge in [0.2, 0.25) is 0 Å². The molecule has 1 saturated heterocycles. The number of aliphatic carboxylic acids is 1. The number of rotatable bonds is 13. The van der Waals surface area contributed by atoms with Gasteiger partial charge in [-0.1, -0.05) is 20.8 Å². The van der Waals surface area contributed by atoms with E-state index in [1.54, 1.807) is 17.0 Å². The summed E-state index contributed by atoms with van der Waals surface area (Å²) < 4.78 is 12.0. The van der Waals surface area contributed by atoms with Crippen LogP contribution in [0, 0.1) is 5.41 Å². The van der Waals surface area contributed by atoms with Crippen LogP contribution in [0.4, 0.5) is 5.69 Å². The highest BCUT2D eigenvalue weighted by atomic mass is 79.9. The lowest BCUT2D eigenvalue weighted by atomic mass is 9.84. The van der Waals surface area contributed by atoms with Gasteiger partial charge in [0.1, 0.15) is 17.3 Å². The maximum absolute atomic E-state index is 13.8. The Hall–Kier alpha value is -3.60. The Labute approximate surface area is 263 Å². The van der Waals surface area contributed by atoms with Crippen molar-refractivity contribution in [1.82, 2.24) is 4.90 Å². The van der Waals surface area contributed by atoms with Gasteiger partial charge in [0, 0.05) is 42.7 Å². The van der Waals surface area contributed by atoms with Gasteiger partial charge in [0.15, 0.2) is 5.78 Å². The molecule has 0 radical (unpaired) electrons. The number of amides is 1. The number of ketones is 1. The largest absolute Gasteiger partial charge is 0.493 e. The zero-order chi connectivity index (χ0) is 30.6. The molecular weight excluding hydrogens is 616 g/mol. The fourth-order valence-corrected chi connectivity index (χ4v) is 5.52. The molecule has 43 heavy (non-hydrogen) atoms. The van der Waals surface area contributed by atoms with E-state index in [0.29, 0.717) is 49.5 Å². The van der Waals surface area contributed by atoms with Crippen molar-refractivity contribution in [2.75, 3.05) is 37.7 Å². The zero-order valence-corrected chi connectivity index (χ0v) is 27.2. The number of carboxylic acid groups (broad SMARTS) is 1. The van der Waals surface area contributed by atoms with Crippen LogP contribution in [-0.2, 0) is 16.8 Å². The number of hydrogen-bond donors (Lipinski definition) is 3. The van der Waals surface area contributed by atoms with Crippen molar-refractivity contribution in [3.8, 4) is 11.5 Å². The van der Waals surface area contributed by atoms with E-state index in [-0.39, 0.29) is 52.5 Å². The van der Waals surface area contributed by atoms with Gasteiger partial charge in [-0.15, -0.1) is 17.0 Å². The SMILES string of the molecule is Br.CCOc1cc2c(cc1C(N)=O)C(=N)N(CC(=O)c1cc(N3CCCC3)c(OCCCCC(=O)O)c(C(C)(C)C)c1)C2. The van der Waals surface area contributed by atoms with Gasteiger partial charge >= 0.3 is 5.97 Å². The Morgan fingerprint density at radius 3 is 2.35 bits per heavy atom. The molecular formula is C32H43BrN4O6. The summed E-state index contributed by atoms with van der Waals surface area (Å²) in [5.74, 6) is -0.263. The van der Waals surface area contributed by atoms with Gasteiger partial charge in [0.05, 0.1) is 31.0 Å². The summed E-state index contributed by atoms with van der Waals surface area (Å²) in [6.45, 7) is 10.9. The molecule has 2 aliphatic rings. The number of Topliss-reactive ketones (excluding diaryl/α,β-unsaturated/α-hetero) is 1. The van der Waals surface area contributed by atoms with Gasteiger partial charge in [0.25, 0.3) is 5.91 Å². The van der Waals surface area contributed by atoms with Gasteiger partial charge in [-0.05, 0) is 67.9 Å². The third kappa shape index (κ3) is 7.87. The molecule has 0 spiro atoms. The molecule has 4 N–H and O–H groups in total. The van der Waals surface area contributed by atoms with Gasteiger partial charge in [-0.3, -0.25) is 19.8 Å². The van der Waals surface area contributed by atoms with E-state index in [1.165, 1.54) is 0 Å². The van der Waals surface area contributed by atoms with E-state index in [1.807, 2.05) is 19.1 Å². The van der Waals surface area contributed by atoms with E-state index in [4.69, 9.17) is 25.7 Å². The fourth-order valence-electron chi connectivity index (χ4n) is 5.52. The van der Waals surface area contributed by atoms with Gasteiger partial charge in [-0.2, -0.15) is 0 Å². The second-order valence-electron chi connectivity index (χ2n) is 11.9. The van der Waals surface area contributed by atoms with Crippen molar-refractivity contribution in [3.05, 3.63) is 52.1 Å². The van der Waals surface area contributed by atoms with Crippen molar-refractivity contribution in [1.29, 1.82) is 5.41 Å². The minimum Gasteiger partial charge on any atom is -0.493 e. The number of primary amides is 1. The number of anilines is 1. The van der Waals surface area contributed by atoms with Crippen molar-refractivity contribution in [3.63, 3.8) is 0 Å². The molecule has 11 heteroatoms. The second-order valence-corrected chi connectivity index (χ2v) is 11.9.